The molecule has 4 heteroatoms. The van der Waals surface area contributed by atoms with Crippen LogP contribution in [0.5, 0.6) is 5.75 Å². The van der Waals surface area contributed by atoms with E-state index in [4.69, 9.17) is 5.11 Å². The Labute approximate surface area is 95.2 Å². The SMILES string of the molecule is CCCCc1cc(O)ccc1C(=O)O.Cl. The highest BCUT2D eigenvalue weighted by molar-refractivity contribution is 5.89. The third-order valence-electron chi connectivity index (χ3n) is 2.12. The van der Waals surface area contributed by atoms with Gasteiger partial charge in [-0.25, -0.2) is 4.79 Å². The van der Waals surface area contributed by atoms with E-state index in [2.05, 4.69) is 0 Å². The smallest absolute Gasteiger partial charge is 0.335 e. The predicted octanol–water partition coefficient (Wildman–Crippen LogP) is 2.85. The van der Waals surface area contributed by atoms with E-state index in [1.165, 1.54) is 18.2 Å². The molecule has 0 fully saturated rings. The molecular formula is C11H15ClO3. The number of unbranched alkanes of at least 4 members (excludes halogenated alkanes) is 1. The van der Waals surface area contributed by atoms with Gasteiger partial charge in [0.15, 0.2) is 0 Å². The summed E-state index contributed by atoms with van der Waals surface area (Å²) in [6.45, 7) is 2.04. The van der Waals surface area contributed by atoms with Gasteiger partial charge in [0, 0.05) is 0 Å². The Morgan fingerprint density at radius 2 is 2.07 bits per heavy atom. The van der Waals surface area contributed by atoms with Crippen molar-refractivity contribution in [2.24, 2.45) is 0 Å². The fourth-order valence-corrected chi connectivity index (χ4v) is 1.36. The van der Waals surface area contributed by atoms with Gasteiger partial charge in [-0.2, -0.15) is 0 Å². The summed E-state index contributed by atoms with van der Waals surface area (Å²) in [6.07, 6.45) is 2.64. The summed E-state index contributed by atoms with van der Waals surface area (Å²) >= 11 is 0. The van der Waals surface area contributed by atoms with Gasteiger partial charge in [0.2, 0.25) is 0 Å². The van der Waals surface area contributed by atoms with Crippen molar-refractivity contribution in [3.05, 3.63) is 29.3 Å². The summed E-state index contributed by atoms with van der Waals surface area (Å²) in [6, 6.07) is 4.38. The van der Waals surface area contributed by atoms with Crippen LogP contribution in [0.2, 0.25) is 0 Å². The summed E-state index contributed by atoms with van der Waals surface area (Å²) in [4.78, 5) is 10.8. The normalized spacial score (nSPS) is 9.40. The van der Waals surface area contributed by atoms with Crippen molar-refractivity contribution < 1.29 is 15.0 Å². The van der Waals surface area contributed by atoms with Gasteiger partial charge in [0.1, 0.15) is 5.75 Å². The minimum absolute atomic E-state index is 0. The van der Waals surface area contributed by atoms with Gasteiger partial charge in [-0.15, -0.1) is 12.4 Å². The number of carboxylic acids is 1. The zero-order chi connectivity index (χ0) is 10.6. The number of phenols is 1. The third-order valence-corrected chi connectivity index (χ3v) is 2.12. The Hall–Kier alpha value is -1.22. The van der Waals surface area contributed by atoms with E-state index in [9.17, 15) is 9.90 Å². The van der Waals surface area contributed by atoms with Gasteiger partial charge in [-0.05, 0) is 36.6 Å². The van der Waals surface area contributed by atoms with E-state index < -0.39 is 5.97 Å². The summed E-state index contributed by atoms with van der Waals surface area (Å²) in [5.41, 5.74) is 0.996. The number of phenolic OH excluding ortho intramolecular Hbond substituents is 1. The number of aromatic hydroxyl groups is 1. The quantitative estimate of drug-likeness (QED) is 0.836. The maximum Gasteiger partial charge on any atom is 0.335 e. The second kappa shape index (κ2) is 6.30. The number of aromatic carboxylic acids is 1. The van der Waals surface area contributed by atoms with Gasteiger partial charge in [0.25, 0.3) is 0 Å². The van der Waals surface area contributed by atoms with E-state index >= 15 is 0 Å². The Morgan fingerprint density at radius 1 is 1.40 bits per heavy atom. The maximum atomic E-state index is 10.8. The van der Waals surface area contributed by atoms with Crippen LogP contribution in [0.4, 0.5) is 0 Å². The number of benzene rings is 1. The first-order valence-corrected chi connectivity index (χ1v) is 4.70. The molecule has 0 radical (unpaired) electrons. The van der Waals surface area contributed by atoms with Crippen molar-refractivity contribution >= 4 is 18.4 Å². The summed E-state index contributed by atoms with van der Waals surface area (Å²) in [5.74, 6) is -0.808. The first-order valence-electron chi connectivity index (χ1n) is 4.70. The van der Waals surface area contributed by atoms with E-state index in [1.807, 2.05) is 6.92 Å². The Kier molecular flexibility index (Phi) is 5.79. The third kappa shape index (κ3) is 3.80. The number of rotatable bonds is 4. The minimum atomic E-state index is -0.934. The number of carbonyl (C=O) groups is 1. The molecule has 0 amide bonds. The van der Waals surface area contributed by atoms with Crippen molar-refractivity contribution in [3.63, 3.8) is 0 Å². The molecule has 3 nitrogen and oxygen atoms in total. The van der Waals surface area contributed by atoms with Crippen LogP contribution in [0, 0.1) is 0 Å². The second-order valence-electron chi connectivity index (χ2n) is 3.25. The molecule has 15 heavy (non-hydrogen) atoms. The molecule has 2 N–H and O–H groups in total. The molecule has 0 aliphatic rings. The summed E-state index contributed by atoms with van der Waals surface area (Å²) in [5, 5.41) is 18.1. The Morgan fingerprint density at radius 3 is 2.60 bits per heavy atom. The second-order valence-corrected chi connectivity index (χ2v) is 3.25. The molecule has 0 atom stereocenters. The lowest BCUT2D eigenvalue weighted by Gasteiger charge is -2.05. The molecule has 0 aromatic heterocycles. The van der Waals surface area contributed by atoms with Crippen molar-refractivity contribution in [2.45, 2.75) is 26.2 Å². The van der Waals surface area contributed by atoms with E-state index in [0.717, 1.165) is 12.8 Å². The number of aryl methyl sites for hydroxylation is 1. The lowest BCUT2D eigenvalue weighted by atomic mass is 10.0. The number of hydrogen-bond donors (Lipinski definition) is 2. The lowest BCUT2D eigenvalue weighted by Crippen LogP contribution is -2.02. The molecule has 84 valence electrons. The van der Waals surface area contributed by atoms with Gasteiger partial charge in [-0.1, -0.05) is 13.3 Å². The molecular weight excluding hydrogens is 216 g/mol. The lowest BCUT2D eigenvalue weighted by molar-refractivity contribution is 0.0695. The first kappa shape index (κ1) is 13.8. The first-order chi connectivity index (χ1) is 6.65. The summed E-state index contributed by atoms with van der Waals surface area (Å²) in [7, 11) is 0. The zero-order valence-electron chi connectivity index (χ0n) is 8.56. The zero-order valence-corrected chi connectivity index (χ0v) is 9.38. The van der Waals surface area contributed by atoms with Gasteiger partial charge in [-0.3, -0.25) is 0 Å². The van der Waals surface area contributed by atoms with Crippen LogP contribution in [-0.4, -0.2) is 16.2 Å². The van der Waals surface area contributed by atoms with Crippen LogP contribution < -0.4 is 0 Å². The largest absolute Gasteiger partial charge is 0.508 e. The van der Waals surface area contributed by atoms with Crippen molar-refractivity contribution in [1.82, 2.24) is 0 Å². The monoisotopic (exact) mass is 230 g/mol. The fourth-order valence-electron chi connectivity index (χ4n) is 1.36. The van der Waals surface area contributed by atoms with E-state index in [1.54, 1.807) is 0 Å². The number of carboxylic acid groups (broad SMARTS) is 1. The minimum Gasteiger partial charge on any atom is -0.508 e. The molecule has 0 unspecified atom stereocenters. The summed E-state index contributed by atoms with van der Waals surface area (Å²) < 4.78 is 0. The molecule has 0 spiro atoms. The van der Waals surface area contributed by atoms with Crippen LogP contribution in [0.25, 0.3) is 0 Å². The Bertz CT molecular complexity index is 337. The van der Waals surface area contributed by atoms with E-state index in [-0.39, 0.29) is 23.7 Å². The van der Waals surface area contributed by atoms with Crippen molar-refractivity contribution in [1.29, 1.82) is 0 Å². The highest BCUT2D eigenvalue weighted by Gasteiger charge is 2.09. The van der Waals surface area contributed by atoms with Crippen LogP contribution in [0.15, 0.2) is 18.2 Å². The molecule has 0 bridgehead atoms. The van der Waals surface area contributed by atoms with Gasteiger partial charge < -0.3 is 10.2 Å². The van der Waals surface area contributed by atoms with Crippen molar-refractivity contribution in [3.8, 4) is 5.75 Å². The average Bonchev–Trinajstić information content (AvgIpc) is 2.14. The molecule has 0 aliphatic heterocycles. The fraction of sp³-hybridized carbons (Fsp3) is 0.364. The molecule has 0 aliphatic carbocycles. The van der Waals surface area contributed by atoms with Crippen LogP contribution in [0.3, 0.4) is 0 Å². The molecule has 1 rings (SSSR count). The molecule has 0 saturated heterocycles. The topological polar surface area (TPSA) is 57.5 Å². The van der Waals surface area contributed by atoms with Gasteiger partial charge >= 0.3 is 5.97 Å². The molecule has 1 aromatic carbocycles. The van der Waals surface area contributed by atoms with Gasteiger partial charge in [0.05, 0.1) is 5.56 Å². The van der Waals surface area contributed by atoms with Crippen molar-refractivity contribution in [2.75, 3.05) is 0 Å². The maximum absolute atomic E-state index is 10.8. The molecule has 0 heterocycles. The Balaban J connectivity index is 0.00000196. The highest BCUT2D eigenvalue weighted by Crippen LogP contribution is 2.18. The number of halogens is 1. The average molecular weight is 231 g/mol. The van der Waals surface area contributed by atoms with Crippen LogP contribution >= 0.6 is 12.4 Å². The molecule has 0 saturated carbocycles. The molecule has 1 aromatic rings. The van der Waals surface area contributed by atoms with E-state index in [0.29, 0.717) is 12.0 Å². The predicted molar refractivity (Wildman–Crippen MR) is 60.9 cm³/mol. The van der Waals surface area contributed by atoms with Crippen LogP contribution in [-0.2, 0) is 6.42 Å². The highest BCUT2D eigenvalue weighted by atomic mass is 35.5. The standard InChI is InChI=1S/C11H14O3.ClH/c1-2-3-4-8-7-9(12)5-6-10(8)11(13)14;/h5-7,12H,2-4H2,1H3,(H,13,14);1H. The van der Waals surface area contributed by atoms with Crippen LogP contribution in [0.1, 0.15) is 35.7 Å². The number of hydrogen-bond acceptors (Lipinski definition) is 2.